The van der Waals surface area contributed by atoms with Gasteiger partial charge in [0.1, 0.15) is 5.82 Å². The van der Waals surface area contributed by atoms with Crippen molar-refractivity contribution in [2.75, 3.05) is 0 Å². The van der Waals surface area contributed by atoms with E-state index in [4.69, 9.17) is 11.6 Å². The van der Waals surface area contributed by atoms with Crippen molar-refractivity contribution in [3.05, 3.63) is 34.1 Å². The number of hydrogen-bond donors (Lipinski definition) is 0. The molecule has 19 heavy (non-hydrogen) atoms. The Morgan fingerprint density at radius 3 is 2.47 bits per heavy atom. The van der Waals surface area contributed by atoms with Crippen LogP contribution in [0.2, 0.25) is 5.02 Å². The zero-order chi connectivity index (χ0) is 14.3. The Kier molecular flexibility index (Phi) is 8.01. The van der Waals surface area contributed by atoms with Gasteiger partial charge in [-0.25, -0.2) is 4.39 Å². The molecule has 108 valence electrons. The minimum Gasteiger partial charge on any atom is -0.207 e. The summed E-state index contributed by atoms with van der Waals surface area (Å²) in [5, 5.41) is 0.524. The third-order valence-corrected chi connectivity index (χ3v) is 4.70. The van der Waals surface area contributed by atoms with Gasteiger partial charge < -0.3 is 0 Å². The molecule has 0 amide bonds. The molecule has 0 nitrogen and oxygen atoms in total. The Morgan fingerprint density at radius 2 is 1.79 bits per heavy atom. The van der Waals surface area contributed by atoms with E-state index in [2.05, 4.69) is 22.9 Å². The lowest BCUT2D eigenvalue weighted by Crippen LogP contribution is -1.95. The fourth-order valence-electron chi connectivity index (χ4n) is 2.18. The van der Waals surface area contributed by atoms with Crippen molar-refractivity contribution in [2.24, 2.45) is 0 Å². The number of rotatable bonds is 8. The topological polar surface area (TPSA) is 0 Å². The molecule has 3 heteroatoms. The van der Waals surface area contributed by atoms with Gasteiger partial charge in [-0.1, -0.05) is 79.0 Å². The van der Waals surface area contributed by atoms with E-state index in [1.165, 1.54) is 44.6 Å². The summed E-state index contributed by atoms with van der Waals surface area (Å²) in [6.07, 6.45) is 8.76. The smallest absolute Gasteiger partial charge is 0.127 e. The van der Waals surface area contributed by atoms with Gasteiger partial charge in [0.2, 0.25) is 0 Å². The Balaban J connectivity index is 2.41. The molecule has 0 saturated heterocycles. The largest absolute Gasteiger partial charge is 0.207 e. The molecule has 0 fully saturated rings. The van der Waals surface area contributed by atoms with Crippen LogP contribution in [0.15, 0.2) is 12.1 Å². The molecular formula is C16H23BrClF. The molecular weight excluding hydrogens is 327 g/mol. The molecule has 0 spiro atoms. The van der Waals surface area contributed by atoms with Crippen LogP contribution in [0.5, 0.6) is 0 Å². The van der Waals surface area contributed by atoms with Gasteiger partial charge in [-0.3, -0.25) is 0 Å². The van der Waals surface area contributed by atoms with E-state index in [0.29, 0.717) is 10.6 Å². The predicted octanol–water partition coefficient (Wildman–Crippen LogP) is 6.97. The number of unbranched alkanes of at least 4 members (excludes halogenated alkanes) is 5. The average molecular weight is 350 g/mol. The van der Waals surface area contributed by atoms with Crippen molar-refractivity contribution < 1.29 is 4.39 Å². The van der Waals surface area contributed by atoms with Crippen LogP contribution in [-0.2, 0) is 0 Å². The molecule has 1 atom stereocenters. The van der Waals surface area contributed by atoms with Gasteiger partial charge in [0, 0.05) is 9.85 Å². The second kappa shape index (κ2) is 8.97. The quantitative estimate of drug-likeness (QED) is 0.351. The highest BCUT2D eigenvalue weighted by Gasteiger charge is 2.13. The van der Waals surface area contributed by atoms with Crippen LogP contribution in [0, 0.1) is 12.7 Å². The molecule has 0 saturated carbocycles. The summed E-state index contributed by atoms with van der Waals surface area (Å²) >= 11 is 9.78. The highest BCUT2D eigenvalue weighted by Crippen LogP contribution is 2.35. The van der Waals surface area contributed by atoms with Gasteiger partial charge in [-0.15, -0.1) is 0 Å². The third kappa shape index (κ3) is 5.83. The molecule has 0 aromatic heterocycles. The first-order chi connectivity index (χ1) is 9.06. The molecule has 0 N–H and O–H groups in total. The van der Waals surface area contributed by atoms with Crippen LogP contribution < -0.4 is 0 Å². The first kappa shape index (κ1) is 17.0. The molecule has 0 bridgehead atoms. The fraction of sp³-hybridized carbons (Fsp3) is 0.625. The van der Waals surface area contributed by atoms with Gasteiger partial charge >= 0.3 is 0 Å². The highest BCUT2D eigenvalue weighted by molar-refractivity contribution is 9.09. The summed E-state index contributed by atoms with van der Waals surface area (Å²) in [6, 6.07) is 3.27. The van der Waals surface area contributed by atoms with Crippen molar-refractivity contribution in [3.63, 3.8) is 0 Å². The lowest BCUT2D eigenvalue weighted by Gasteiger charge is -2.13. The van der Waals surface area contributed by atoms with E-state index < -0.39 is 0 Å². The van der Waals surface area contributed by atoms with E-state index >= 15 is 0 Å². The SMILES string of the molecule is CCCCCCCCC(Br)c1cc(C)c(F)cc1Cl. The van der Waals surface area contributed by atoms with E-state index in [9.17, 15) is 4.39 Å². The summed E-state index contributed by atoms with van der Waals surface area (Å²) in [5.41, 5.74) is 1.67. The van der Waals surface area contributed by atoms with E-state index in [-0.39, 0.29) is 10.6 Å². The van der Waals surface area contributed by atoms with Crippen LogP contribution in [-0.4, -0.2) is 0 Å². The summed E-state index contributed by atoms with van der Waals surface area (Å²) < 4.78 is 13.3. The average Bonchev–Trinajstić information content (AvgIpc) is 2.37. The standard InChI is InChI=1S/C16H23BrClF/c1-3-4-5-6-7-8-9-14(17)13-10-12(2)16(19)11-15(13)18/h10-11,14H,3-9H2,1-2H3. The zero-order valence-electron chi connectivity index (χ0n) is 11.8. The molecule has 1 aromatic rings. The Hall–Kier alpha value is -0.0800. The third-order valence-electron chi connectivity index (χ3n) is 3.43. The Bertz CT molecular complexity index is 393. The first-order valence-electron chi connectivity index (χ1n) is 7.15. The number of aryl methyl sites for hydroxylation is 1. The van der Waals surface area contributed by atoms with Gasteiger partial charge in [-0.2, -0.15) is 0 Å². The summed E-state index contributed by atoms with van der Waals surface area (Å²) in [5.74, 6) is -0.229. The van der Waals surface area contributed by atoms with Gasteiger partial charge in [0.25, 0.3) is 0 Å². The highest BCUT2D eigenvalue weighted by atomic mass is 79.9. The van der Waals surface area contributed by atoms with Gasteiger partial charge in [0.15, 0.2) is 0 Å². The normalized spacial score (nSPS) is 12.7. The van der Waals surface area contributed by atoms with Crippen LogP contribution >= 0.6 is 27.5 Å². The monoisotopic (exact) mass is 348 g/mol. The van der Waals surface area contributed by atoms with Gasteiger partial charge in [0.05, 0.1) is 0 Å². The Labute approximate surface area is 129 Å². The van der Waals surface area contributed by atoms with Crippen molar-refractivity contribution in [3.8, 4) is 0 Å². The summed E-state index contributed by atoms with van der Waals surface area (Å²) in [6.45, 7) is 4.01. The fourth-order valence-corrected chi connectivity index (χ4v) is 3.30. The van der Waals surface area contributed by atoms with E-state index in [1.54, 1.807) is 6.92 Å². The maximum atomic E-state index is 13.3. The summed E-state index contributed by atoms with van der Waals surface area (Å²) in [7, 11) is 0. The van der Waals surface area contributed by atoms with Crippen molar-refractivity contribution in [1.82, 2.24) is 0 Å². The van der Waals surface area contributed by atoms with Crippen LogP contribution in [0.3, 0.4) is 0 Å². The summed E-state index contributed by atoms with van der Waals surface area (Å²) in [4.78, 5) is 0.227. The molecule has 0 aliphatic heterocycles. The Morgan fingerprint density at radius 1 is 1.16 bits per heavy atom. The maximum Gasteiger partial charge on any atom is 0.127 e. The minimum absolute atomic E-state index is 0.227. The number of benzene rings is 1. The molecule has 1 rings (SSSR count). The molecule has 1 unspecified atom stereocenters. The molecule has 0 aliphatic carbocycles. The second-order valence-electron chi connectivity index (χ2n) is 5.15. The van der Waals surface area contributed by atoms with Crippen LogP contribution in [0.25, 0.3) is 0 Å². The minimum atomic E-state index is -0.229. The van der Waals surface area contributed by atoms with Crippen molar-refractivity contribution >= 4 is 27.5 Å². The second-order valence-corrected chi connectivity index (χ2v) is 6.66. The van der Waals surface area contributed by atoms with Crippen molar-refractivity contribution in [2.45, 2.75) is 63.6 Å². The predicted molar refractivity (Wildman–Crippen MR) is 85.8 cm³/mol. The number of halogens is 3. The maximum absolute atomic E-state index is 13.3. The van der Waals surface area contributed by atoms with Gasteiger partial charge in [-0.05, 0) is 30.5 Å². The molecule has 0 heterocycles. The van der Waals surface area contributed by atoms with E-state index in [0.717, 1.165) is 12.0 Å². The number of alkyl halides is 1. The molecule has 0 radical (unpaired) electrons. The lowest BCUT2D eigenvalue weighted by molar-refractivity contribution is 0.587. The first-order valence-corrected chi connectivity index (χ1v) is 8.45. The number of hydrogen-bond acceptors (Lipinski definition) is 0. The molecule has 0 aliphatic rings. The lowest BCUT2D eigenvalue weighted by atomic mass is 10.0. The molecule has 1 aromatic carbocycles. The van der Waals surface area contributed by atoms with E-state index in [1.807, 2.05) is 6.07 Å². The zero-order valence-corrected chi connectivity index (χ0v) is 14.2. The van der Waals surface area contributed by atoms with Crippen LogP contribution in [0.1, 0.15) is 67.8 Å². The van der Waals surface area contributed by atoms with Crippen molar-refractivity contribution in [1.29, 1.82) is 0 Å². The van der Waals surface area contributed by atoms with Crippen LogP contribution in [0.4, 0.5) is 4.39 Å².